The molecule has 0 fully saturated rings. The molecule has 1 N–H and O–H groups in total. The monoisotopic (exact) mass is 401 g/mol. The largest absolute Gasteiger partial charge is 0.492 e. The van der Waals surface area contributed by atoms with Crippen LogP contribution in [0.2, 0.25) is 5.02 Å². The summed E-state index contributed by atoms with van der Waals surface area (Å²) in [5.41, 5.74) is 0.551. The van der Waals surface area contributed by atoms with Crippen LogP contribution in [0.4, 0.5) is 0 Å². The van der Waals surface area contributed by atoms with Crippen LogP contribution in [0.5, 0.6) is 5.75 Å². The molecule has 0 aliphatic rings. The zero-order chi connectivity index (χ0) is 14.4. The zero-order valence-corrected chi connectivity index (χ0v) is 13.5. The lowest BCUT2D eigenvalue weighted by Crippen LogP contribution is -2.28. The molecule has 1 amide bonds. The van der Waals surface area contributed by atoms with Crippen molar-refractivity contribution in [2.24, 2.45) is 0 Å². The fourth-order valence-corrected chi connectivity index (χ4v) is 2.11. The molecule has 2 rings (SSSR count). The molecule has 0 saturated heterocycles. The lowest BCUT2D eigenvalue weighted by atomic mass is 10.2. The van der Waals surface area contributed by atoms with Crippen molar-refractivity contribution in [1.29, 1.82) is 0 Å². The highest BCUT2D eigenvalue weighted by molar-refractivity contribution is 14.1. The molecule has 104 valence electrons. The lowest BCUT2D eigenvalue weighted by molar-refractivity contribution is 0.0947. The highest BCUT2D eigenvalue weighted by atomic mass is 127. The number of carbonyl (C=O) groups excluding carboxylic acids is 1. The Hall–Kier alpha value is -1.27. The Morgan fingerprint density at radius 1 is 1.20 bits per heavy atom. The Morgan fingerprint density at radius 2 is 1.95 bits per heavy atom. The Balaban J connectivity index is 1.79. The average molecular weight is 402 g/mol. The van der Waals surface area contributed by atoms with Gasteiger partial charge < -0.3 is 10.1 Å². The fourth-order valence-electron chi connectivity index (χ4n) is 1.59. The van der Waals surface area contributed by atoms with E-state index in [-0.39, 0.29) is 5.91 Å². The van der Waals surface area contributed by atoms with E-state index in [1.807, 2.05) is 36.4 Å². The molecule has 2 aromatic rings. The number of hydrogen-bond donors (Lipinski definition) is 1. The highest BCUT2D eigenvalue weighted by Gasteiger charge is 2.07. The van der Waals surface area contributed by atoms with Crippen LogP contribution in [-0.4, -0.2) is 19.1 Å². The number of amides is 1. The molecule has 0 unspecified atom stereocenters. The molecule has 20 heavy (non-hydrogen) atoms. The smallest absolute Gasteiger partial charge is 0.251 e. The van der Waals surface area contributed by atoms with Crippen LogP contribution < -0.4 is 10.1 Å². The zero-order valence-electron chi connectivity index (χ0n) is 10.6. The van der Waals surface area contributed by atoms with Crippen LogP contribution in [0.15, 0.2) is 48.5 Å². The Morgan fingerprint density at radius 3 is 2.65 bits per heavy atom. The van der Waals surface area contributed by atoms with Crippen molar-refractivity contribution in [3.63, 3.8) is 0 Å². The van der Waals surface area contributed by atoms with Gasteiger partial charge in [-0.15, -0.1) is 0 Å². The van der Waals surface area contributed by atoms with Gasteiger partial charge in [0.15, 0.2) is 0 Å². The van der Waals surface area contributed by atoms with E-state index >= 15 is 0 Å². The van der Waals surface area contributed by atoms with Gasteiger partial charge in [0.2, 0.25) is 0 Å². The number of hydrogen-bond acceptors (Lipinski definition) is 2. The minimum absolute atomic E-state index is 0.153. The second-order valence-electron chi connectivity index (χ2n) is 4.05. The molecule has 0 saturated carbocycles. The third kappa shape index (κ3) is 4.38. The van der Waals surface area contributed by atoms with Crippen molar-refractivity contribution in [3.05, 3.63) is 62.7 Å². The van der Waals surface area contributed by atoms with Gasteiger partial charge in [0.1, 0.15) is 12.4 Å². The molecular formula is C15H13ClINO2. The maximum Gasteiger partial charge on any atom is 0.251 e. The van der Waals surface area contributed by atoms with E-state index in [0.29, 0.717) is 23.7 Å². The second kappa shape index (κ2) is 7.50. The summed E-state index contributed by atoms with van der Waals surface area (Å²) >= 11 is 8.11. The van der Waals surface area contributed by atoms with Gasteiger partial charge in [-0.25, -0.2) is 0 Å². The van der Waals surface area contributed by atoms with E-state index in [1.165, 1.54) is 0 Å². The van der Waals surface area contributed by atoms with Gasteiger partial charge in [0, 0.05) is 9.13 Å². The van der Waals surface area contributed by atoms with E-state index in [2.05, 4.69) is 27.9 Å². The first-order valence-electron chi connectivity index (χ1n) is 6.08. The number of rotatable bonds is 5. The van der Waals surface area contributed by atoms with Crippen LogP contribution in [0, 0.1) is 3.57 Å². The van der Waals surface area contributed by atoms with E-state index in [0.717, 1.165) is 9.32 Å². The predicted octanol–water partition coefficient (Wildman–Crippen LogP) is 3.75. The summed E-state index contributed by atoms with van der Waals surface area (Å²) in [5, 5.41) is 3.37. The first-order valence-corrected chi connectivity index (χ1v) is 7.53. The van der Waals surface area contributed by atoms with Crippen molar-refractivity contribution in [3.8, 4) is 5.75 Å². The maximum absolute atomic E-state index is 11.9. The first kappa shape index (κ1) is 15.1. The van der Waals surface area contributed by atoms with Gasteiger partial charge in [-0.2, -0.15) is 0 Å². The summed E-state index contributed by atoms with van der Waals surface area (Å²) in [6, 6.07) is 14.7. The average Bonchev–Trinajstić information content (AvgIpc) is 2.47. The first-order chi connectivity index (χ1) is 9.66. The van der Waals surface area contributed by atoms with Crippen LogP contribution in [0.1, 0.15) is 10.4 Å². The molecule has 0 atom stereocenters. The third-order valence-electron chi connectivity index (χ3n) is 2.58. The molecule has 0 aromatic heterocycles. The molecule has 0 spiro atoms. The summed E-state index contributed by atoms with van der Waals surface area (Å²) < 4.78 is 6.42. The minimum Gasteiger partial charge on any atom is -0.492 e. The van der Waals surface area contributed by atoms with Gasteiger partial charge in [0.05, 0.1) is 11.6 Å². The number of benzene rings is 2. The third-order valence-corrected chi connectivity index (χ3v) is 4.15. The molecule has 3 nitrogen and oxygen atoms in total. The number of nitrogens with one attached hydrogen (secondary N) is 1. The minimum atomic E-state index is -0.153. The van der Waals surface area contributed by atoms with Crippen LogP contribution >= 0.6 is 34.2 Å². The highest BCUT2D eigenvalue weighted by Crippen LogP contribution is 2.19. The molecule has 2 aromatic carbocycles. The summed E-state index contributed by atoms with van der Waals surface area (Å²) in [6.45, 7) is 0.866. The Bertz CT molecular complexity index is 590. The number of ether oxygens (including phenoxy) is 1. The van der Waals surface area contributed by atoms with E-state index < -0.39 is 0 Å². The number of halogens is 2. The molecule has 5 heteroatoms. The quantitative estimate of drug-likeness (QED) is 0.612. The predicted molar refractivity (Wildman–Crippen MR) is 88.4 cm³/mol. The van der Waals surface area contributed by atoms with Gasteiger partial charge in [-0.1, -0.05) is 29.8 Å². The van der Waals surface area contributed by atoms with E-state index in [9.17, 15) is 4.79 Å². The van der Waals surface area contributed by atoms with Crippen LogP contribution in [0.3, 0.4) is 0 Å². The molecular weight excluding hydrogens is 389 g/mol. The lowest BCUT2D eigenvalue weighted by Gasteiger charge is -2.08. The van der Waals surface area contributed by atoms with Crippen molar-refractivity contribution < 1.29 is 9.53 Å². The van der Waals surface area contributed by atoms with Gasteiger partial charge in [-0.3, -0.25) is 4.79 Å². The van der Waals surface area contributed by atoms with Crippen molar-refractivity contribution in [2.45, 2.75) is 0 Å². The molecule has 0 heterocycles. The van der Waals surface area contributed by atoms with Crippen LogP contribution in [-0.2, 0) is 0 Å². The Kier molecular flexibility index (Phi) is 5.67. The maximum atomic E-state index is 11.9. The summed E-state index contributed by atoms with van der Waals surface area (Å²) in [6.07, 6.45) is 0. The van der Waals surface area contributed by atoms with Crippen molar-refractivity contribution in [2.75, 3.05) is 13.2 Å². The fraction of sp³-hybridized carbons (Fsp3) is 0.133. The van der Waals surface area contributed by atoms with Crippen molar-refractivity contribution >= 4 is 40.1 Å². The van der Waals surface area contributed by atoms with Gasteiger partial charge in [-0.05, 0) is 52.9 Å². The summed E-state index contributed by atoms with van der Waals surface area (Å²) in [7, 11) is 0. The summed E-state index contributed by atoms with van der Waals surface area (Å²) in [5.74, 6) is 0.638. The standard InChI is InChI=1S/C15H13ClINO2/c16-13-10-11(6-7-14(13)17)15(19)18-8-9-20-12-4-2-1-3-5-12/h1-7,10H,8-9H2,(H,18,19). The number of para-hydroxylation sites is 1. The van der Waals surface area contributed by atoms with E-state index in [4.69, 9.17) is 16.3 Å². The topological polar surface area (TPSA) is 38.3 Å². The molecule has 0 bridgehead atoms. The molecule has 0 aliphatic heterocycles. The van der Waals surface area contributed by atoms with Gasteiger partial charge in [0.25, 0.3) is 5.91 Å². The normalized spacial score (nSPS) is 10.1. The number of carbonyl (C=O) groups is 1. The Labute approximate surface area is 136 Å². The van der Waals surface area contributed by atoms with Gasteiger partial charge >= 0.3 is 0 Å². The van der Waals surface area contributed by atoms with Crippen LogP contribution in [0.25, 0.3) is 0 Å². The van der Waals surface area contributed by atoms with Crippen molar-refractivity contribution in [1.82, 2.24) is 5.32 Å². The molecule has 0 radical (unpaired) electrons. The second-order valence-corrected chi connectivity index (χ2v) is 5.62. The molecule has 0 aliphatic carbocycles. The summed E-state index contributed by atoms with van der Waals surface area (Å²) in [4.78, 5) is 11.9. The SMILES string of the molecule is O=C(NCCOc1ccccc1)c1ccc(I)c(Cl)c1. The van der Waals surface area contributed by atoms with E-state index in [1.54, 1.807) is 12.1 Å².